The molecule has 6 atom stereocenters. The first-order valence-electron chi connectivity index (χ1n) is 12.5. The smallest absolute Gasteiger partial charge is 0.459 e. The minimum atomic E-state index is -4.79. The number of ether oxygens (including phenoxy) is 2. The predicted octanol–water partition coefficient (Wildman–Crippen LogP) is 2.35. The van der Waals surface area contributed by atoms with Crippen LogP contribution in [0.25, 0.3) is 0 Å². The molecule has 1 aromatic carbocycles. The quantitative estimate of drug-likeness (QED) is 0.306. The van der Waals surface area contributed by atoms with Gasteiger partial charge in [0.15, 0.2) is 11.9 Å². The molecule has 0 radical (unpaired) electrons. The van der Waals surface area contributed by atoms with E-state index in [1.165, 1.54) is 19.1 Å². The standard InChI is InChI=1S/C23H31FN3O8P/c1-14(2)33-21(30)15(3)26-36(31,35-17-9-7-6-8-10-17)32-13-18-20(29)23(5,24)22(34-18)27-12-11-19(28)25-16(27)4/h6-12,14-15,18,20,22,29H,4,13H2,1-3,5H3,(H,25,28)(H,26,31)/t15-,18+,20+,22+,23+,36-/m0/s1/i11D,13D2. The van der Waals surface area contributed by atoms with E-state index >= 15 is 4.39 Å². The second kappa shape index (κ2) is 11.1. The zero-order valence-electron chi connectivity index (χ0n) is 23.1. The maximum absolute atomic E-state index is 15.8. The van der Waals surface area contributed by atoms with Crippen molar-refractivity contribution in [3.05, 3.63) is 55.0 Å². The molecular weight excluding hydrogens is 496 g/mol. The zero-order chi connectivity index (χ0) is 29.3. The number of esters is 1. The summed E-state index contributed by atoms with van der Waals surface area (Å²) in [4.78, 5) is 25.0. The highest BCUT2D eigenvalue weighted by atomic mass is 31.2. The Morgan fingerprint density at radius 2 is 2.11 bits per heavy atom. The Bertz CT molecular complexity index is 1190. The van der Waals surface area contributed by atoms with Crippen molar-refractivity contribution in [2.45, 2.75) is 63.9 Å². The summed E-state index contributed by atoms with van der Waals surface area (Å²) in [7, 11) is -4.79. The van der Waals surface area contributed by atoms with Crippen molar-refractivity contribution in [3.8, 4) is 5.75 Å². The van der Waals surface area contributed by atoms with Gasteiger partial charge in [0, 0.05) is 12.3 Å². The fourth-order valence-corrected chi connectivity index (χ4v) is 4.67. The van der Waals surface area contributed by atoms with Crippen LogP contribution in [0.1, 0.15) is 31.8 Å². The lowest BCUT2D eigenvalue weighted by atomic mass is 9.98. The van der Waals surface area contributed by atoms with E-state index in [2.05, 4.69) is 17.0 Å². The second-order valence-electron chi connectivity index (χ2n) is 8.53. The number of aliphatic hydroxyl groups is 1. The van der Waals surface area contributed by atoms with E-state index in [1.807, 2.05) is 0 Å². The Balaban J connectivity index is 1.90. The molecule has 0 bridgehead atoms. The van der Waals surface area contributed by atoms with Gasteiger partial charge in [-0.15, -0.1) is 0 Å². The molecule has 3 N–H and O–H groups in total. The molecule has 198 valence electrons. The van der Waals surface area contributed by atoms with Crippen molar-refractivity contribution in [2.24, 2.45) is 0 Å². The van der Waals surface area contributed by atoms with Gasteiger partial charge in [-0.05, 0) is 39.8 Å². The van der Waals surface area contributed by atoms with Gasteiger partial charge in [0.1, 0.15) is 29.8 Å². The minimum absolute atomic E-state index is 0.0110. The highest BCUT2D eigenvalue weighted by Crippen LogP contribution is 2.46. The first kappa shape index (κ1) is 23.6. The highest BCUT2D eigenvalue weighted by molar-refractivity contribution is 7.52. The Labute approximate surface area is 213 Å². The largest absolute Gasteiger partial charge is 0.462 e. The maximum Gasteiger partial charge on any atom is 0.459 e. The van der Waals surface area contributed by atoms with Crippen LogP contribution in [0.2, 0.25) is 0 Å². The molecule has 0 aromatic heterocycles. The molecule has 0 aliphatic carbocycles. The van der Waals surface area contributed by atoms with Crippen molar-refractivity contribution in [3.63, 3.8) is 0 Å². The fraction of sp³-hybridized carbons (Fsp3) is 0.478. The number of nitrogens with one attached hydrogen (secondary N) is 2. The van der Waals surface area contributed by atoms with Crippen LogP contribution in [0.3, 0.4) is 0 Å². The maximum atomic E-state index is 15.8. The van der Waals surface area contributed by atoms with Crippen LogP contribution >= 0.6 is 7.75 Å². The predicted molar refractivity (Wildman–Crippen MR) is 127 cm³/mol. The number of rotatable bonds is 10. The molecule has 13 heteroatoms. The molecule has 1 saturated heterocycles. The summed E-state index contributed by atoms with van der Waals surface area (Å²) in [6.07, 6.45) is -5.65. The van der Waals surface area contributed by atoms with E-state index in [9.17, 15) is 19.3 Å². The van der Waals surface area contributed by atoms with Crippen molar-refractivity contribution < 1.29 is 46.3 Å². The molecule has 2 heterocycles. The van der Waals surface area contributed by atoms with Crippen LogP contribution in [0.4, 0.5) is 4.39 Å². The van der Waals surface area contributed by atoms with Gasteiger partial charge in [0.2, 0.25) is 0 Å². The number of hydrogen-bond acceptors (Lipinski definition) is 9. The Kier molecular flexibility index (Phi) is 7.29. The summed E-state index contributed by atoms with van der Waals surface area (Å²) in [6, 6.07) is 5.69. The number of amides is 1. The number of carbonyl (C=O) groups is 2. The number of aliphatic hydroxyl groups excluding tert-OH is 1. The van der Waals surface area contributed by atoms with Crippen molar-refractivity contribution in [1.29, 1.82) is 0 Å². The van der Waals surface area contributed by atoms with Crippen LogP contribution < -0.4 is 14.9 Å². The summed E-state index contributed by atoms with van der Waals surface area (Å²) >= 11 is 0. The van der Waals surface area contributed by atoms with Gasteiger partial charge in [-0.3, -0.25) is 14.1 Å². The van der Waals surface area contributed by atoms with Crippen LogP contribution in [0.15, 0.2) is 55.0 Å². The summed E-state index contributed by atoms with van der Waals surface area (Å²) in [5.41, 5.74) is -2.70. The number of para-hydroxylation sites is 1. The molecule has 1 amide bonds. The average molecular weight is 531 g/mol. The van der Waals surface area contributed by atoms with Gasteiger partial charge >= 0.3 is 13.7 Å². The van der Waals surface area contributed by atoms with Crippen LogP contribution in [-0.4, -0.2) is 64.7 Å². The van der Waals surface area contributed by atoms with E-state index in [-0.39, 0.29) is 11.6 Å². The molecule has 0 unspecified atom stereocenters. The molecule has 2 aliphatic rings. The number of hydrogen-bond donors (Lipinski definition) is 3. The van der Waals surface area contributed by atoms with Gasteiger partial charge in [-0.1, -0.05) is 24.8 Å². The molecule has 36 heavy (non-hydrogen) atoms. The van der Waals surface area contributed by atoms with Crippen molar-refractivity contribution in [1.82, 2.24) is 15.3 Å². The topological polar surface area (TPSA) is 136 Å². The number of alkyl halides is 1. The normalized spacial score (nSPS) is 30.4. The molecule has 2 aliphatic heterocycles. The lowest BCUT2D eigenvalue weighted by molar-refractivity contribution is -0.149. The summed E-state index contributed by atoms with van der Waals surface area (Å²) in [5, 5.41) is 15.3. The number of carbonyl (C=O) groups excluding carboxylic acids is 2. The molecule has 1 fully saturated rings. The summed E-state index contributed by atoms with van der Waals surface area (Å²) in [6.45, 7) is 5.80. The molecule has 0 spiro atoms. The van der Waals surface area contributed by atoms with Crippen LogP contribution in [0, 0.1) is 0 Å². The summed E-state index contributed by atoms with van der Waals surface area (Å²) in [5.74, 6) is -1.83. The van der Waals surface area contributed by atoms with E-state index in [0.717, 1.165) is 18.0 Å². The van der Waals surface area contributed by atoms with E-state index in [4.69, 9.17) is 22.6 Å². The minimum Gasteiger partial charge on any atom is -0.462 e. The number of halogens is 1. The summed E-state index contributed by atoms with van der Waals surface area (Å²) < 4.78 is 75.5. The lowest BCUT2D eigenvalue weighted by Crippen LogP contribution is -2.51. The number of benzene rings is 1. The van der Waals surface area contributed by atoms with Crippen LogP contribution in [0.5, 0.6) is 5.75 Å². The Hall–Kier alpha value is -2.76. The van der Waals surface area contributed by atoms with E-state index in [0.29, 0.717) is 0 Å². The lowest BCUT2D eigenvalue weighted by Gasteiger charge is -2.35. The van der Waals surface area contributed by atoms with Crippen molar-refractivity contribution >= 4 is 19.6 Å². The fourth-order valence-electron chi connectivity index (χ4n) is 3.30. The molecular formula is C23H31FN3O8P. The first-order valence-corrected chi connectivity index (χ1v) is 12.5. The SMILES string of the molecule is [2H]C1=CN([C@@H]2O[C@H](C([2H])([2H])O[P@@](=O)(N[C@@H](C)C(=O)OC(C)C)Oc3ccccc3)[C@@H](O)[C@@]2(C)F)C(=C)NC1=O. The van der Waals surface area contributed by atoms with Gasteiger partial charge in [0.05, 0.1) is 16.8 Å². The van der Waals surface area contributed by atoms with Gasteiger partial charge < -0.3 is 29.3 Å². The monoisotopic (exact) mass is 530 g/mol. The molecule has 11 nitrogen and oxygen atoms in total. The molecule has 0 saturated carbocycles. The van der Waals surface area contributed by atoms with Crippen LogP contribution in [-0.2, 0) is 28.2 Å². The molecule has 1 aromatic rings. The third-order valence-corrected chi connectivity index (χ3v) is 6.60. The third kappa shape index (κ3) is 6.51. The first-order chi connectivity index (χ1) is 18.0. The van der Waals surface area contributed by atoms with Crippen molar-refractivity contribution in [2.75, 3.05) is 6.56 Å². The Morgan fingerprint density at radius 1 is 1.44 bits per heavy atom. The van der Waals surface area contributed by atoms with Gasteiger partial charge in [-0.25, -0.2) is 8.96 Å². The average Bonchev–Trinajstić information content (AvgIpc) is 3.05. The van der Waals surface area contributed by atoms with E-state index < -0.39 is 68.5 Å². The third-order valence-electron chi connectivity index (χ3n) is 5.10. The highest BCUT2D eigenvalue weighted by Gasteiger charge is 2.57. The Morgan fingerprint density at radius 3 is 2.75 bits per heavy atom. The number of nitrogens with zero attached hydrogens (tertiary/aromatic N) is 1. The van der Waals surface area contributed by atoms with Gasteiger partial charge in [-0.2, -0.15) is 5.09 Å². The zero-order valence-corrected chi connectivity index (χ0v) is 21.0. The van der Waals surface area contributed by atoms with E-state index in [1.54, 1.807) is 32.0 Å². The van der Waals surface area contributed by atoms with Gasteiger partial charge in [0.25, 0.3) is 5.91 Å². The molecule has 3 rings (SSSR count). The second-order valence-corrected chi connectivity index (χ2v) is 10.2.